The second-order valence-corrected chi connectivity index (χ2v) is 6.11. The van der Waals surface area contributed by atoms with Gasteiger partial charge in [-0.3, -0.25) is 4.79 Å². The van der Waals surface area contributed by atoms with Crippen molar-refractivity contribution in [3.63, 3.8) is 0 Å². The van der Waals surface area contributed by atoms with E-state index in [0.717, 1.165) is 24.3 Å². The molecule has 2 aromatic rings. The fourth-order valence-electron chi connectivity index (χ4n) is 3.02. The topological polar surface area (TPSA) is 98.9 Å². The molecule has 0 saturated carbocycles. The first-order valence-corrected chi connectivity index (χ1v) is 8.27. The van der Waals surface area contributed by atoms with Gasteiger partial charge in [-0.05, 0) is 37.5 Å². The van der Waals surface area contributed by atoms with Gasteiger partial charge >= 0.3 is 0 Å². The van der Waals surface area contributed by atoms with Gasteiger partial charge in [-0.25, -0.2) is 9.67 Å². The lowest BCUT2D eigenvalue weighted by Gasteiger charge is -2.19. The first-order chi connectivity index (χ1) is 12.1. The highest BCUT2D eigenvalue weighted by Gasteiger charge is 2.30. The monoisotopic (exact) mass is 339 g/mol. The maximum absolute atomic E-state index is 12.3. The number of nitriles is 1. The van der Waals surface area contributed by atoms with Gasteiger partial charge in [0.05, 0.1) is 5.69 Å². The Kier molecular flexibility index (Phi) is 4.84. The van der Waals surface area contributed by atoms with Crippen LogP contribution in [0.3, 0.4) is 0 Å². The standard InChI is InChI=1S/C17H21N7O/c1-12-13(6-7-23(12)10-18)9-20-17(25)16-21-11-24(22-16)15-5-3-4-14(8-15)19-2/h3-5,8,11-13,19H,6-7,9H2,1-2H3,(H,20,25)/t12-,13+/m1/s1. The molecule has 8 nitrogen and oxygen atoms in total. The summed E-state index contributed by atoms with van der Waals surface area (Å²) in [6.45, 7) is 3.27. The van der Waals surface area contributed by atoms with Crippen LogP contribution < -0.4 is 10.6 Å². The fourth-order valence-corrected chi connectivity index (χ4v) is 3.02. The van der Waals surface area contributed by atoms with Crippen LogP contribution in [-0.2, 0) is 0 Å². The Morgan fingerprint density at radius 2 is 2.32 bits per heavy atom. The van der Waals surface area contributed by atoms with Gasteiger partial charge in [-0.15, -0.1) is 5.10 Å². The lowest BCUT2D eigenvalue weighted by Crippen LogP contribution is -2.35. The van der Waals surface area contributed by atoms with E-state index in [9.17, 15) is 4.79 Å². The summed E-state index contributed by atoms with van der Waals surface area (Å²) < 4.78 is 1.57. The van der Waals surface area contributed by atoms with Crippen LogP contribution in [0.2, 0.25) is 0 Å². The number of carbonyl (C=O) groups is 1. The molecule has 0 bridgehead atoms. The predicted octanol–water partition coefficient (Wildman–Crippen LogP) is 1.23. The second kappa shape index (κ2) is 7.21. The number of carbonyl (C=O) groups excluding carboxylic acids is 1. The van der Waals surface area contributed by atoms with Crippen molar-refractivity contribution in [2.24, 2.45) is 5.92 Å². The lowest BCUT2D eigenvalue weighted by molar-refractivity contribution is 0.0935. The third-order valence-corrected chi connectivity index (χ3v) is 4.66. The molecule has 1 saturated heterocycles. The summed E-state index contributed by atoms with van der Waals surface area (Å²) in [6.07, 6.45) is 4.60. The molecule has 1 aliphatic heterocycles. The van der Waals surface area contributed by atoms with Crippen LogP contribution in [0.15, 0.2) is 30.6 Å². The highest BCUT2D eigenvalue weighted by atomic mass is 16.2. The van der Waals surface area contributed by atoms with Crippen LogP contribution in [-0.4, -0.2) is 51.8 Å². The Morgan fingerprint density at radius 1 is 1.48 bits per heavy atom. The molecule has 1 amide bonds. The first-order valence-electron chi connectivity index (χ1n) is 8.27. The molecule has 8 heteroatoms. The fraction of sp³-hybridized carbons (Fsp3) is 0.412. The molecule has 25 heavy (non-hydrogen) atoms. The SMILES string of the molecule is CNc1cccc(-n2cnc(C(=O)NC[C@@H]3CCN(C#N)[C@@H]3C)n2)c1. The third-order valence-electron chi connectivity index (χ3n) is 4.66. The zero-order valence-corrected chi connectivity index (χ0v) is 14.3. The maximum atomic E-state index is 12.3. The Labute approximate surface area is 146 Å². The zero-order chi connectivity index (χ0) is 17.8. The van der Waals surface area contributed by atoms with E-state index >= 15 is 0 Å². The number of anilines is 1. The minimum atomic E-state index is -0.300. The van der Waals surface area contributed by atoms with Gasteiger partial charge in [0.1, 0.15) is 6.33 Å². The van der Waals surface area contributed by atoms with Crippen molar-refractivity contribution >= 4 is 11.6 Å². The second-order valence-electron chi connectivity index (χ2n) is 6.11. The van der Waals surface area contributed by atoms with Crippen LogP contribution in [0.5, 0.6) is 0 Å². The highest BCUT2D eigenvalue weighted by Crippen LogP contribution is 2.22. The average Bonchev–Trinajstić information content (AvgIpc) is 3.27. The molecule has 0 radical (unpaired) electrons. The van der Waals surface area contributed by atoms with Crippen molar-refractivity contribution in [2.45, 2.75) is 19.4 Å². The summed E-state index contributed by atoms with van der Waals surface area (Å²) in [5, 5.41) is 19.2. The van der Waals surface area contributed by atoms with Crippen molar-refractivity contribution in [1.29, 1.82) is 5.26 Å². The van der Waals surface area contributed by atoms with Crippen LogP contribution in [0.1, 0.15) is 24.0 Å². The van der Waals surface area contributed by atoms with Crippen molar-refractivity contribution in [3.8, 4) is 11.9 Å². The number of hydrogen-bond acceptors (Lipinski definition) is 6. The molecule has 3 rings (SSSR count). The molecule has 0 unspecified atom stereocenters. The zero-order valence-electron chi connectivity index (χ0n) is 14.3. The third kappa shape index (κ3) is 3.55. The van der Waals surface area contributed by atoms with Gasteiger partial charge in [0.2, 0.25) is 5.82 Å². The van der Waals surface area contributed by atoms with E-state index in [1.807, 2.05) is 38.2 Å². The molecule has 1 aliphatic rings. The minimum Gasteiger partial charge on any atom is -0.388 e. The van der Waals surface area contributed by atoms with Crippen molar-refractivity contribution in [2.75, 3.05) is 25.5 Å². The average molecular weight is 339 g/mol. The Hall–Kier alpha value is -3.08. The molecular weight excluding hydrogens is 318 g/mol. The van der Waals surface area contributed by atoms with Gasteiger partial charge in [0, 0.05) is 31.9 Å². The smallest absolute Gasteiger partial charge is 0.290 e. The number of aromatic nitrogens is 3. The number of amides is 1. The molecular formula is C17H21N7O. The molecule has 130 valence electrons. The van der Waals surface area contributed by atoms with Crippen LogP contribution in [0.25, 0.3) is 5.69 Å². The van der Waals surface area contributed by atoms with E-state index in [1.54, 1.807) is 9.58 Å². The predicted molar refractivity (Wildman–Crippen MR) is 93.1 cm³/mol. The maximum Gasteiger partial charge on any atom is 0.290 e. The van der Waals surface area contributed by atoms with Gasteiger partial charge in [0.25, 0.3) is 5.91 Å². The van der Waals surface area contributed by atoms with Crippen molar-refractivity contribution in [3.05, 3.63) is 36.4 Å². The van der Waals surface area contributed by atoms with Gasteiger partial charge in [-0.1, -0.05) is 6.07 Å². The first kappa shape index (κ1) is 16.8. The molecule has 0 spiro atoms. The number of benzene rings is 1. The molecule has 2 heterocycles. The van der Waals surface area contributed by atoms with Crippen LogP contribution >= 0.6 is 0 Å². The molecule has 1 aromatic heterocycles. The molecule has 2 atom stereocenters. The summed E-state index contributed by atoms with van der Waals surface area (Å²) in [5.41, 5.74) is 1.78. The van der Waals surface area contributed by atoms with Gasteiger partial charge in [-0.2, -0.15) is 5.26 Å². The molecule has 1 aromatic carbocycles. The number of nitrogens with zero attached hydrogens (tertiary/aromatic N) is 5. The Bertz CT molecular complexity index is 794. The van der Waals surface area contributed by atoms with Crippen LogP contribution in [0.4, 0.5) is 5.69 Å². The molecule has 1 fully saturated rings. The number of rotatable bonds is 5. The van der Waals surface area contributed by atoms with E-state index < -0.39 is 0 Å². The van der Waals surface area contributed by atoms with Crippen molar-refractivity contribution < 1.29 is 4.79 Å². The summed E-state index contributed by atoms with van der Waals surface area (Å²) in [7, 11) is 1.84. The van der Waals surface area contributed by atoms with E-state index in [2.05, 4.69) is 26.9 Å². The minimum absolute atomic E-state index is 0.137. The van der Waals surface area contributed by atoms with Crippen LogP contribution in [0, 0.1) is 17.4 Å². The number of hydrogen-bond donors (Lipinski definition) is 2. The lowest BCUT2D eigenvalue weighted by atomic mass is 10.0. The quantitative estimate of drug-likeness (QED) is 0.795. The summed E-state index contributed by atoms with van der Waals surface area (Å²) in [5.74, 6) is 0.0989. The molecule has 0 aliphatic carbocycles. The van der Waals surface area contributed by atoms with Crippen molar-refractivity contribution in [1.82, 2.24) is 25.0 Å². The number of nitrogens with one attached hydrogen (secondary N) is 2. The Morgan fingerprint density at radius 3 is 3.04 bits per heavy atom. The largest absolute Gasteiger partial charge is 0.388 e. The van der Waals surface area contributed by atoms with E-state index in [1.165, 1.54) is 6.33 Å². The van der Waals surface area contributed by atoms with E-state index in [-0.39, 0.29) is 23.7 Å². The molecule has 2 N–H and O–H groups in total. The summed E-state index contributed by atoms with van der Waals surface area (Å²) in [4.78, 5) is 18.1. The Balaban J connectivity index is 1.62. The van der Waals surface area contributed by atoms with E-state index in [4.69, 9.17) is 5.26 Å². The summed E-state index contributed by atoms with van der Waals surface area (Å²) in [6, 6.07) is 7.81. The van der Waals surface area contributed by atoms with Gasteiger partial charge in [0.15, 0.2) is 6.19 Å². The highest BCUT2D eigenvalue weighted by molar-refractivity contribution is 5.90. The normalized spacial score (nSPS) is 19.5. The number of likely N-dealkylation sites (tertiary alicyclic amines) is 1. The van der Waals surface area contributed by atoms with Gasteiger partial charge < -0.3 is 15.5 Å². The van der Waals surface area contributed by atoms with E-state index in [0.29, 0.717) is 6.54 Å². The summed E-state index contributed by atoms with van der Waals surface area (Å²) >= 11 is 0.